The monoisotopic (exact) mass is 797 g/mol. The quantitative estimate of drug-likeness (QED) is 0.0265. The van der Waals surface area contributed by atoms with Crippen LogP contribution >= 0.6 is 0 Å². The molecule has 0 fully saturated rings. The summed E-state index contributed by atoms with van der Waals surface area (Å²) in [4.78, 5) is 37.8. The third-order valence-electron chi connectivity index (χ3n) is 9.98. The smallest absolute Gasteiger partial charge is 0.306 e. The van der Waals surface area contributed by atoms with Crippen LogP contribution in [0.5, 0.6) is 0 Å². The first kappa shape index (κ1) is 54.1. The first-order valence-electron chi connectivity index (χ1n) is 23.8. The van der Waals surface area contributed by atoms with Crippen molar-refractivity contribution < 1.29 is 28.6 Å². The lowest BCUT2D eigenvalue weighted by atomic mass is 10.1. The van der Waals surface area contributed by atoms with Gasteiger partial charge in [-0.1, -0.05) is 165 Å². The van der Waals surface area contributed by atoms with Crippen LogP contribution in [0.25, 0.3) is 0 Å². The van der Waals surface area contributed by atoms with Crippen LogP contribution in [-0.4, -0.2) is 37.2 Å². The molecule has 0 saturated heterocycles. The van der Waals surface area contributed by atoms with Crippen molar-refractivity contribution in [3.63, 3.8) is 0 Å². The van der Waals surface area contributed by atoms with E-state index in [2.05, 4.69) is 81.5 Å². The van der Waals surface area contributed by atoms with E-state index in [4.69, 9.17) is 14.2 Å². The first-order chi connectivity index (χ1) is 28.0. The van der Waals surface area contributed by atoms with Crippen molar-refractivity contribution in [3.05, 3.63) is 60.8 Å². The van der Waals surface area contributed by atoms with Gasteiger partial charge in [0.15, 0.2) is 6.10 Å². The number of esters is 3. The molecule has 1 atom stereocenters. The molecule has 0 aliphatic carbocycles. The molecule has 0 aromatic rings. The maximum atomic E-state index is 12.7. The summed E-state index contributed by atoms with van der Waals surface area (Å²) in [6, 6.07) is 0. The molecule has 0 aliphatic rings. The normalized spacial score (nSPS) is 12.5. The molecule has 0 radical (unpaired) electrons. The largest absolute Gasteiger partial charge is 0.462 e. The van der Waals surface area contributed by atoms with Gasteiger partial charge in [-0.2, -0.15) is 0 Å². The van der Waals surface area contributed by atoms with Crippen LogP contribution in [0.3, 0.4) is 0 Å². The van der Waals surface area contributed by atoms with E-state index >= 15 is 0 Å². The molecule has 0 N–H and O–H groups in total. The summed E-state index contributed by atoms with van der Waals surface area (Å²) in [7, 11) is 0. The van der Waals surface area contributed by atoms with Crippen molar-refractivity contribution in [2.75, 3.05) is 13.2 Å². The number of carbonyl (C=O) groups is 3. The Balaban J connectivity index is 4.43. The van der Waals surface area contributed by atoms with Crippen LogP contribution in [0.15, 0.2) is 60.8 Å². The standard InChI is InChI=1S/C51H88O6/c1-4-7-10-13-16-19-22-25-26-27-30-32-35-38-41-44-50(53)56-47-48(57-51(54)45-42-39-36-33-29-24-21-18-15-12-9-6-3)46-55-49(52)43-40-37-34-31-28-23-20-17-14-11-8-5-2/h9,12,17-22,29,33,48H,4-8,10-11,13-16,23-28,30-32,34-47H2,1-3H3/b12-9-,20-17-,21-18-,22-19-,33-29-. The number of rotatable bonds is 42. The summed E-state index contributed by atoms with van der Waals surface area (Å²) in [6.07, 6.45) is 54.9. The average Bonchev–Trinajstić information content (AvgIpc) is 3.21. The first-order valence-corrected chi connectivity index (χ1v) is 23.8. The second-order valence-electron chi connectivity index (χ2n) is 15.6. The lowest BCUT2D eigenvalue weighted by Gasteiger charge is -2.18. The van der Waals surface area contributed by atoms with Crippen molar-refractivity contribution in [3.8, 4) is 0 Å². The van der Waals surface area contributed by atoms with Gasteiger partial charge in [-0.15, -0.1) is 0 Å². The highest BCUT2D eigenvalue weighted by molar-refractivity contribution is 5.71. The third-order valence-corrected chi connectivity index (χ3v) is 9.98. The molecule has 0 spiro atoms. The Bertz CT molecular complexity index is 1050. The lowest BCUT2D eigenvalue weighted by Crippen LogP contribution is -2.30. The molecule has 0 aliphatic heterocycles. The Kier molecular flexibility index (Phi) is 43.5. The van der Waals surface area contributed by atoms with E-state index in [0.717, 1.165) is 77.0 Å². The third kappa shape index (κ3) is 44.1. The zero-order valence-electron chi connectivity index (χ0n) is 37.3. The van der Waals surface area contributed by atoms with Crippen molar-refractivity contribution in [2.45, 2.75) is 232 Å². The minimum Gasteiger partial charge on any atom is -0.462 e. The van der Waals surface area contributed by atoms with E-state index in [0.29, 0.717) is 19.3 Å². The number of carbonyl (C=O) groups excluding carboxylic acids is 3. The second kappa shape index (κ2) is 45.8. The number of hydrogen-bond donors (Lipinski definition) is 0. The predicted molar refractivity (Wildman–Crippen MR) is 242 cm³/mol. The van der Waals surface area contributed by atoms with Gasteiger partial charge in [0.1, 0.15) is 13.2 Å². The molecule has 0 aromatic heterocycles. The molecule has 6 nitrogen and oxygen atoms in total. The van der Waals surface area contributed by atoms with Gasteiger partial charge >= 0.3 is 17.9 Å². The zero-order valence-corrected chi connectivity index (χ0v) is 37.3. The molecule has 328 valence electrons. The van der Waals surface area contributed by atoms with Gasteiger partial charge in [0, 0.05) is 19.3 Å². The molecule has 0 aromatic carbocycles. The van der Waals surface area contributed by atoms with E-state index in [1.54, 1.807) is 0 Å². The number of hydrogen-bond acceptors (Lipinski definition) is 6. The van der Waals surface area contributed by atoms with Crippen molar-refractivity contribution in [2.24, 2.45) is 0 Å². The van der Waals surface area contributed by atoms with E-state index in [-0.39, 0.29) is 37.5 Å². The maximum Gasteiger partial charge on any atom is 0.306 e. The minimum absolute atomic E-state index is 0.0947. The second-order valence-corrected chi connectivity index (χ2v) is 15.6. The summed E-state index contributed by atoms with van der Waals surface area (Å²) in [5.74, 6) is -0.950. The summed E-state index contributed by atoms with van der Waals surface area (Å²) < 4.78 is 16.7. The minimum atomic E-state index is -0.796. The fraction of sp³-hybridized carbons (Fsp3) is 0.745. The van der Waals surface area contributed by atoms with Crippen LogP contribution < -0.4 is 0 Å². The van der Waals surface area contributed by atoms with Crippen molar-refractivity contribution >= 4 is 17.9 Å². The fourth-order valence-electron chi connectivity index (χ4n) is 6.38. The molecule has 0 saturated carbocycles. The number of allylic oxidation sites excluding steroid dienone is 10. The van der Waals surface area contributed by atoms with Crippen molar-refractivity contribution in [1.29, 1.82) is 0 Å². The van der Waals surface area contributed by atoms with Crippen LogP contribution in [0.2, 0.25) is 0 Å². The highest BCUT2D eigenvalue weighted by atomic mass is 16.6. The van der Waals surface area contributed by atoms with E-state index in [1.807, 2.05) is 0 Å². The van der Waals surface area contributed by atoms with Gasteiger partial charge in [-0.3, -0.25) is 14.4 Å². The van der Waals surface area contributed by atoms with Crippen LogP contribution in [0.1, 0.15) is 226 Å². The van der Waals surface area contributed by atoms with E-state index in [9.17, 15) is 14.4 Å². The van der Waals surface area contributed by atoms with Gasteiger partial charge in [0.25, 0.3) is 0 Å². The molecule has 0 amide bonds. The average molecular weight is 797 g/mol. The summed E-state index contributed by atoms with van der Waals surface area (Å²) >= 11 is 0. The van der Waals surface area contributed by atoms with Gasteiger partial charge in [-0.05, 0) is 103 Å². The molecule has 1 unspecified atom stereocenters. The topological polar surface area (TPSA) is 78.9 Å². The zero-order chi connectivity index (χ0) is 41.5. The SMILES string of the molecule is CC/C=C\C/C=C\C/C=C\CCCCC(=O)OC(COC(=O)CCCCCCC/C=C\CCCCC)COC(=O)CCCCCCCCC/C=C\CCCCCC. The van der Waals surface area contributed by atoms with E-state index in [1.165, 1.54) is 103 Å². The Morgan fingerprint density at radius 3 is 1.16 bits per heavy atom. The predicted octanol–water partition coefficient (Wildman–Crippen LogP) is 15.3. The van der Waals surface area contributed by atoms with Crippen LogP contribution in [0, 0.1) is 0 Å². The van der Waals surface area contributed by atoms with Crippen molar-refractivity contribution in [1.82, 2.24) is 0 Å². The Morgan fingerprint density at radius 2 is 0.684 bits per heavy atom. The summed E-state index contributed by atoms with van der Waals surface area (Å²) in [6.45, 7) is 6.43. The molecule has 0 bridgehead atoms. The maximum absolute atomic E-state index is 12.7. The highest BCUT2D eigenvalue weighted by Gasteiger charge is 2.19. The Labute approximate surface area is 351 Å². The highest BCUT2D eigenvalue weighted by Crippen LogP contribution is 2.13. The Hall–Kier alpha value is -2.89. The summed E-state index contributed by atoms with van der Waals surface area (Å²) in [5, 5.41) is 0. The van der Waals surface area contributed by atoms with Gasteiger partial charge in [0.05, 0.1) is 0 Å². The Morgan fingerprint density at radius 1 is 0.368 bits per heavy atom. The molecule has 57 heavy (non-hydrogen) atoms. The molecular weight excluding hydrogens is 709 g/mol. The molecule has 0 heterocycles. The molecule has 6 heteroatoms. The van der Waals surface area contributed by atoms with Gasteiger partial charge in [-0.25, -0.2) is 0 Å². The molecule has 0 rings (SSSR count). The van der Waals surface area contributed by atoms with Crippen LogP contribution in [0.4, 0.5) is 0 Å². The number of ether oxygens (including phenoxy) is 3. The van der Waals surface area contributed by atoms with Gasteiger partial charge < -0.3 is 14.2 Å². The summed E-state index contributed by atoms with van der Waals surface area (Å²) in [5.41, 5.74) is 0. The lowest BCUT2D eigenvalue weighted by molar-refractivity contribution is -0.167. The van der Waals surface area contributed by atoms with E-state index < -0.39 is 6.10 Å². The molecular formula is C51H88O6. The number of unbranched alkanes of at least 4 members (excludes halogenated alkanes) is 21. The van der Waals surface area contributed by atoms with Crippen LogP contribution in [-0.2, 0) is 28.6 Å². The fourth-order valence-corrected chi connectivity index (χ4v) is 6.38. The van der Waals surface area contributed by atoms with Gasteiger partial charge in [0.2, 0.25) is 0 Å².